The Kier molecular flexibility index (Phi) is 2.46. The molecule has 0 aliphatic carbocycles. The van der Waals surface area contributed by atoms with Gasteiger partial charge in [0.2, 0.25) is 0 Å². The summed E-state index contributed by atoms with van der Waals surface area (Å²) >= 11 is 0. The van der Waals surface area contributed by atoms with Crippen molar-refractivity contribution in [3.63, 3.8) is 0 Å². The van der Waals surface area contributed by atoms with E-state index >= 15 is 0 Å². The van der Waals surface area contributed by atoms with Crippen molar-refractivity contribution in [2.45, 2.75) is 19.8 Å². The summed E-state index contributed by atoms with van der Waals surface area (Å²) in [5, 5.41) is 0. The first-order chi connectivity index (χ1) is 4.33. The number of hydrogen-bond acceptors (Lipinski definition) is 1. The molecule has 0 N–H and O–H groups in total. The van der Waals surface area contributed by atoms with Crippen molar-refractivity contribution >= 4 is 0 Å². The second-order valence-corrected chi connectivity index (χ2v) is 2.92. The van der Waals surface area contributed by atoms with E-state index in [0.717, 1.165) is 19.0 Å². The van der Waals surface area contributed by atoms with Crippen molar-refractivity contribution in [2.24, 2.45) is 5.92 Å². The summed E-state index contributed by atoms with van der Waals surface area (Å²) in [6.07, 6.45) is 2.34. The Labute approximate surface area is 55.8 Å². The van der Waals surface area contributed by atoms with Crippen molar-refractivity contribution in [2.75, 3.05) is 19.9 Å². The van der Waals surface area contributed by atoms with Gasteiger partial charge in [-0.25, -0.2) is 4.39 Å². The maximum absolute atomic E-state index is 11.9. The van der Waals surface area contributed by atoms with E-state index in [2.05, 4.69) is 6.92 Å². The van der Waals surface area contributed by atoms with Crippen molar-refractivity contribution in [3.8, 4) is 0 Å². The number of piperidine rings is 1. The number of halogens is 1. The van der Waals surface area contributed by atoms with Crippen molar-refractivity contribution in [1.29, 1.82) is 0 Å². The molecule has 1 saturated heterocycles. The van der Waals surface area contributed by atoms with Gasteiger partial charge in [0.25, 0.3) is 0 Å². The summed E-state index contributed by atoms with van der Waals surface area (Å²) in [6.45, 7) is 3.89. The van der Waals surface area contributed by atoms with Crippen LogP contribution in [0, 0.1) is 5.92 Å². The van der Waals surface area contributed by atoms with E-state index in [1.54, 1.807) is 0 Å². The molecule has 1 nitrogen and oxygen atoms in total. The van der Waals surface area contributed by atoms with Crippen molar-refractivity contribution in [1.82, 2.24) is 4.90 Å². The fourth-order valence-electron chi connectivity index (χ4n) is 1.18. The zero-order valence-corrected chi connectivity index (χ0v) is 5.94. The highest BCUT2D eigenvalue weighted by Gasteiger charge is 2.14. The van der Waals surface area contributed by atoms with Crippen LogP contribution in [0.4, 0.5) is 4.39 Å². The largest absolute Gasteiger partial charge is 0.277 e. The maximum atomic E-state index is 11.9. The van der Waals surface area contributed by atoms with Crippen LogP contribution in [0.5, 0.6) is 0 Å². The molecule has 1 rings (SSSR count). The Bertz CT molecular complexity index is 77.0. The minimum atomic E-state index is -0.257. The third-order valence-electron chi connectivity index (χ3n) is 2.05. The number of hydrogen-bond donors (Lipinski definition) is 0. The van der Waals surface area contributed by atoms with Gasteiger partial charge >= 0.3 is 0 Å². The van der Waals surface area contributed by atoms with E-state index in [9.17, 15) is 4.39 Å². The first-order valence-corrected chi connectivity index (χ1v) is 3.61. The van der Waals surface area contributed by atoms with E-state index in [1.165, 1.54) is 12.8 Å². The molecule has 0 unspecified atom stereocenters. The Morgan fingerprint density at radius 2 is 2.00 bits per heavy atom. The topological polar surface area (TPSA) is 3.24 Å². The van der Waals surface area contributed by atoms with Crippen molar-refractivity contribution in [3.05, 3.63) is 0 Å². The van der Waals surface area contributed by atoms with Crippen LogP contribution >= 0.6 is 0 Å². The van der Waals surface area contributed by atoms with Crippen LogP contribution in [-0.2, 0) is 0 Å². The van der Waals surface area contributed by atoms with E-state index in [1.807, 2.05) is 4.90 Å². The van der Waals surface area contributed by atoms with Gasteiger partial charge < -0.3 is 0 Å². The summed E-state index contributed by atoms with van der Waals surface area (Å²) in [4.78, 5) is 1.86. The van der Waals surface area contributed by atoms with Gasteiger partial charge in [-0.15, -0.1) is 0 Å². The van der Waals surface area contributed by atoms with Crippen LogP contribution < -0.4 is 0 Å². The molecular formula is C7H14FN. The number of rotatable bonds is 1. The molecule has 54 valence electrons. The summed E-state index contributed by atoms with van der Waals surface area (Å²) in [7, 11) is 0. The maximum Gasteiger partial charge on any atom is 0.143 e. The fourth-order valence-corrected chi connectivity index (χ4v) is 1.18. The smallest absolute Gasteiger partial charge is 0.143 e. The molecule has 1 heterocycles. The summed E-state index contributed by atoms with van der Waals surface area (Å²) < 4.78 is 11.9. The Morgan fingerprint density at radius 1 is 1.44 bits per heavy atom. The SMILES string of the molecule is CC1CCN(CF)CC1. The molecule has 1 aliphatic rings. The molecule has 0 bridgehead atoms. The molecule has 0 spiro atoms. The third kappa shape index (κ3) is 1.94. The normalized spacial score (nSPS) is 24.7. The quantitative estimate of drug-likeness (QED) is 0.489. The molecule has 0 amide bonds. The molecule has 0 saturated carbocycles. The zero-order chi connectivity index (χ0) is 6.69. The first kappa shape index (κ1) is 7.00. The lowest BCUT2D eigenvalue weighted by atomic mass is 10.00. The Hall–Kier alpha value is -0.110. The van der Waals surface area contributed by atoms with Gasteiger partial charge in [-0.1, -0.05) is 6.92 Å². The molecule has 0 radical (unpaired) electrons. The summed E-state index contributed by atoms with van der Waals surface area (Å²) in [6, 6.07) is 0. The minimum Gasteiger partial charge on any atom is -0.277 e. The van der Waals surface area contributed by atoms with Gasteiger partial charge in [-0.3, -0.25) is 4.90 Å². The molecule has 0 atom stereocenters. The predicted molar refractivity (Wildman–Crippen MR) is 35.9 cm³/mol. The molecule has 0 aromatic carbocycles. The highest BCUT2D eigenvalue weighted by atomic mass is 19.1. The number of alkyl halides is 1. The number of likely N-dealkylation sites (tertiary alicyclic amines) is 1. The second kappa shape index (κ2) is 3.16. The lowest BCUT2D eigenvalue weighted by Crippen LogP contribution is -2.31. The number of nitrogens with zero attached hydrogens (tertiary/aromatic N) is 1. The molecule has 0 aromatic heterocycles. The van der Waals surface area contributed by atoms with Crippen LogP contribution in [0.3, 0.4) is 0 Å². The van der Waals surface area contributed by atoms with Crippen LogP contribution in [0.1, 0.15) is 19.8 Å². The first-order valence-electron chi connectivity index (χ1n) is 3.61. The van der Waals surface area contributed by atoms with Gasteiger partial charge in [0.1, 0.15) is 6.80 Å². The van der Waals surface area contributed by atoms with Crippen LogP contribution in [0.25, 0.3) is 0 Å². The fraction of sp³-hybridized carbons (Fsp3) is 1.00. The molecule has 9 heavy (non-hydrogen) atoms. The van der Waals surface area contributed by atoms with E-state index in [0.29, 0.717) is 0 Å². The van der Waals surface area contributed by atoms with Gasteiger partial charge in [0.15, 0.2) is 0 Å². The highest BCUT2D eigenvalue weighted by molar-refractivity contribution is 4.66. The second-order valence-electron chi connectivity index (χ2n) is 2.92. The average molecular weight is 131 g/mol. The van der Waals surface area contributed by atoms with Crippen LogP contribution in [0.15, 0.2) is 0 Å². The third-order valence-corrected chi connectivity index (χ3v) is 2.05. The lowest BCUT2D eigenvalue weighted by Gasteiger charge is -2.27. The molecular weight excluding hydrogens is 117 g/mol. The van der Waals surface area contributed by atoms with Crippen molar-refractivity contribution < 1.29 is 4.39 Å². The predicted octanol–water partition coefficient (Wildman–Crippen LogP) is 1.65. The van der Waals surface area contributed by atoms with Crippen LogP contribution in [-0.4, -0.2) is 24.8 Å². The Morgan fingerprint density at radius 3 is 2.44 bits per heavy atom. The van der Waals surface area contributed by atoms with E-state index in [-0.39, 0.29) is 6.80 Å². The standard InChI is InChI=1S/C7H14FN/c1-7-2-4-9(6-8)5-3-7/h7H,2-6H2,1H3. The zero-order valence-electron chi connectivity index (χ0n) is 5.94. The van der Waals surface area contributed by atoms with Gasteiger partial charge in [0, 0.05) is 13.1 Å². The highest BCUT2D eigenvalue weighted by Crippen LogP contribution is 2.15. The van der Waals surface area contributed by atoms with Gasteiger partial charge in [-0.2, -0.15) is 0 Å². The lowest BCUT2D eigenvalue weighted by molar-refractivity contribution is 0.134. The van der Waals surface area contributed by atoms with Gasteiger partial charge in [-0.05, 0) is 18.8 Å². The van der Waals surface area contributed by atoms with Gasteiger partial charge in [0.05, 0.1) is 0 Å². The van der Waals surface area contributed by atoms with Crippen LogP contribution in [0.2, 0.25) is 0 Å². The molecule has 1 fully saturated rings. The monoisotopic (exact) mass is 131 g/mol. The Balaban J connectivity index is 2.18. The molecule has 0 aromatic rings. The summed E-state index contributed by atoms with van der Waals surface area (Å²) in [5.41, 5.74) is 0. The summed E-state index contributed by atoms with van der Waals surface area (Å²) in [5.74, 6) is 0.813. The molecule has 2 heteroatoms. The average Bonchev–Trinajstić information content (AvgIpc) is 1.90. The van der Waals surface area contributed by atoms with E-state index in [4.69, 9.17) is 0 Å². The van der Waals surface area contributed by atoms with E-state index < -0.39 is 0 Å². The minimum absolute atomic E-state index is 0.257. The molecule has 1 aliphatic heterocycles.